The Hall–Kier alpha value is -3.27. The maximum Gasteiger partial charge on any atom is 0.269 e. The highest BCUT2D eigenvalue weighted by Crippen LogP contribution is 2.18. The Morgan fingerprint density at radius 2 is 1.90 bits per heavy atom. The largest absolute Gasteiger partial charge is 0.376 e. The predicted molar refractivity (Wildman–Crippen MR) is 111 cm³/mol. The Kier molecular flexibility index (Phi) is 6.03. The van der Waals surface area contributed by atoms with Crippen LogP contribution in [0.4, 0.5) is 17.3 Å². The molecule has 2 aliphatic rings. The normalized spacial score (nSPS) is 19.0. The third-order valence-electron chi connectivity index (χ3n) is 5.40. The van der Waals surface area contributed by atoms with Crippen LogP contribution >= 0.6 is 0 Å². The van der Waals surface area contributed by atoms with E-state index in [1.54, 1.807) is 4.90 Å². The molecular formula is C20H24N6O4. The van der Waals surface area contributed by atoms with Gasteiger partial charge in [0.1, 0.15) is 5.82 Å². The smallest absolute Gasteiger partial charge is 0.269 e. The van der Waals surface area contributed by atoms with E-state index in [-0.39, 0.29) is 17.7 Å². The van der Waals surface area contributed by atoms with E-state index in [9.17, 15) is 14.9 Å². The molecule has 0 aliphatic carbocycles. The van der Waals surface area contributed by atoms with Crippen molar-refractivity contribution in [3.63, 3.8) is 0 Å². The van der Waals surface area contributed by atoms with E-state index in [0.29, 0.717) is 31.7 Å². The summed E-state index contributed by atoms with van der Waals surface area (Å²) in [6.45, 7) is 3.96. The van der Waals surface area contributed by atoms with Gasteiger partial charge in [-0.2, -0.15) is 0 Å². The molecule has 30 heavy (non-hydrogen) atoms. The van der Waals surface area contributed by atoms with Crippen LogP contribution < -0.4 is 10.2 Å². The van der Waals surface area contributed by atoms with Gasteiger partial charge in [0.05, 0.1) is 11.0 Å². The van der Waals surface area contributed by atoms with Gasteiger partial charge in [0.25, 0.3) is 11.6 Å². The SMILES string of the molecule is O=C(c1ccc([N+](=O)[O-])cc1)N1CCN(c2ccc(NC[C@H]3CCCO3)nn2)CC1. The van der Waals surface area contributed by atoms with E-state index in [2.05, 4.69) is 20.4 Å². The number of nitrogens with zero attached hydrogens (tertiary/aromatic N) is 5. The van der Waals surface area contributed by atoms with Crippen molar-refractivity contribution in [3.8, 4) is 0 Å². The molecule has 3 heterocycles. The zero-order valence-electron chi connectivity index (χ0n) is 16.6. The number of carbonyl (C=O) groups is 1. The molecule has 1 aromatic carbocycles. The topological polar surface area (TPSA) is 114 Å². The number of nitro benzene ring substituents is 1. The number of benzene rings is 1. The summed E-state index contributed by atoms with van der Waals surface area (Å²) in [4.78, 5) is 26.8. The van der Waals surface area contributed by atoms with Gasteiger partial charge < -0.3 is 19.9 Å². The molecule has 10 nitrogen and oxygen atoms in total. The number of carbonyl (C=O) groups excluding carboxylic acids is 1. The van der Waals surface area contributed by atoms with Crippen molar-refractivity contribution in [2.24, 2.45) is 0 Å². The van der Waals surface area contributed by atoms with Gasteiger partial charge >= 0.3 is 0 Å². The minimum atomic E-state index is -0.475. The van der Waals surface area contributed by atoms with Crippen molar-refractivity contribution < 1.29 is 14.5 Å². The molecule has 4 rings (SSSR count). The van der Waals surface area contributed by atoms with Crippen LogP contribution in [0.1, 0.15) is 23.2 Å². The first-order valence-corrected chi connectivity index (χ1v) is 10.1. The van der Waals surface area contributed by atoms with Crippen LogP contribution in [0, 0.1) is 10.1 Å². The van der Waals surface area contributed by atoms with Crippen LogP contribution in [0.15, 0.2) is 36.4 Å². The molecule has 0 radical (unpaired) electrons. The summed E-state index contributed by atoms with van der Waals surface area (Å²) >= 11 is 0. The Bertz CT molecular complexity index is 875. The molecule has 0 bridgehead atoms. The number of rotatable bonds is 6. The van der Waals surface area contributed by atoms with Gasteiger partial charge in [0.2, 0.25) is 0 Å². The first kappa shape index (κ1) is 20.0. The molecule has 10 heteroatoms. The molecule has 1 amide bonds. The maximum atomic E-state index is 12.6. The van der Waals surface area contributed by atoms with Crippen molar-refractivity contribution in [1.82, 2.24) is 15.1 Å². The fourth-order valence-corrected chi connectivity index (χ4v) is 3.66. The lowest BCUT2D eigenvalue weighted by molar-refractivity contribution is -0.384. The fourth-order valence-electron chi connectivity index (χ4n) is 3.66. The van der Waals surface area contributed by atoms with Gasteiger partial charge in [-0.25, -0.2) is 0 Å². The molecular weight excluding hydrogens is 388 g/mol. The number of nitro groups is 1. The molecule has 1 N–H and O–H groups in total. The number of hydrogen-bond acceptors (Lipinski definition) is 8. The minimum absolute atomic E-state index is 0.0244. The molecule has 2 aliphatic heterocycles. The molecule has 0 saturated carbocycles. The summed E-state index contributed by atoms with van der Waals surface area (Å²) in [5.74, 6) is 1.38. The van der Waals surface area contributed by atoms with Crippen LogP contribution in [0.3, 0.4) is 0 Å². The van der Waals surface area contributed by atoms with Gasteiger partial charge in [0.15, 0.2) is 5.82 Å². The number of aromatic nitrogens is 2. The third-order valence-corrected chi connectivity index (χ3v) is 5.40. The molecule has 1 atom stereocenters. The van der Waals surface area contributed by atoms with Crippen LogP contribution in [0.5, 0.6) is 0 Å². The van der Waals surface area contributed by atoms with Crippen LogP contribution in [-0.4, -0.2) is 71.4 Å². The van der Waals surface area contributed by atoms with E-state index in [0.717, 1.165) is 37.6 Å². The molecule has 2 saturated heterocycles. The monoisotopic (exact) mass is 412 g/mol. The van der Waals surface area contributed by atoms with Crippen LogP contribution in [-0.2, 0) is 4.74 Å². The predicted octanol–water partition coefficient (Wildman–Crippen LogP) is 1.94. The van der Waals surface area contributed by atoms with Gasteiger partial charge in [0, 0.05) is 57.0 Å². The lowest BCUT2D eigenvalue weighted by Crippen LogP contribution is -2.49. The average molecular weight is 412 g/mol. The van der Waals surface area contributed by atoms with Gasteiger partial charge in [-0.15, -0.1) is 10.2 Å². The standard InChI is InChI=1S/C20H24N6O4/c27-20(15-3-5-16(6-4-15)26(28)29)25-11-9-24(10-12-25)19-8-7-18(22-23-19)21-14-17-2-1-13-30-17/h3-8,17H,1-2,9-14H2,(H,21,22)/t17-/m1/s1. The summed E-state index contributed by atoms with van der Waals surface area (Å²) in [5.41, 5.74) is 0.430. The van der Waals surface area contributed by atoms with Crippen molar-refractivity contribution >= 4 is 23.2 Å². The second kappa shape index (κ2) is 9.04. The number of nitrogens with one attached hydrogen (secondary N) is 1. The Morgan fingerprint density at radius 1 is 1.13 bits per heavy atom. The first-order valence-electron chi connectivity index (χ1n) is 10.1. The van der Waals surface area contributed by atoms with E-state index < -0.39 is 4.92 Å². The summed E-state index contributed by atoms with van der Waals surface area (Å²) in [7, 11) is 0. The van der Waals surface area contributed by atoms with Crippen molar-refractivity contribution in [2.45, 2.75) is 18.9 Å². The zero-order chi connectivity index (χ0) is 20.9. The van der Waals surface area contributed by atoms with Crippen molar-refractivity contribution in [3.05, 3.63) is 52.1 Å². The van der Waals surface area contributed by atoms with E-state index >= 15 is 0 Å². The Balaban J connectivity index is 1.28. The second-order valence-corrected chi connectivity index (χ2v) is 7.38. The van der Waals surface area contributed by atoms with Crippen LogP contribution in [0.25, 0.3) is 0 Å². The van der Waals surface area contributed by atoms with Gasteiger partial charge in [-0.1, -0.05) is 0 Å². The van der Waals surface area contributed by atoms with Gasteiger partial charge in [-0.05, 0) is 37.1 Å². The quantitative estimate of drug-likeness (QED) is 0.566. The molecule has 0 unspecified atom stereocenters. The number of non-ortho nitro benzene ring substituents is 1. The van der Waals surface area contributed by atoms with Crippen molar-refractivity contribution in [1.29, 1.82) is 0 Å². The summed E-state index contributed by atoms with van der Waals surface area (Å²) in [5, 5.41) is 22.6. The van der Waals surface area contributed by atoms with Crippen LogP contribution in [0.2, 0.25) is 0 Å². The Labute approximate surface area is 174 Å². The minimum Gasteiger partial charge on any atom is -0.376 e. The number of anilines is 2. The third kappa shape index (κ3) is 4.65. The summed E-state index contributed by atoms with van der Waals surface area (Å²) in [6, 6.07) is 9.55. The Morgan fingerprint density at radius 3 is 2.50 bits per heavy atom. The van der Waals surface area contributed by atoms with E-state index in [1.165, 1.54) is 24.3 Å². The highest BCUT2D eigenvalue weighted by Gasteiger charge is 2.23. The molecule has 2 aromatic rings. The lowest BCUT2D eigenvalue weighted by atomic mass is 10.1. The molecule has 158 valence electrons. The number of hydrogen-bond donors (Lipinski definition) is 1. The highest BCUT2D eigenvalue weighted by molar-refractivity contribution is 5.94. The molecule has 1 aromatic heterocycles. The zero-order valence-corrected chi connectivity index (χ0v) is 16.6. The second-order valence-electron chi connectivity index (χ2n) is 7.38. The highest BCUT2D eigenvalue weighted by atomic mass is 16.6. The van der Waals surface area contributed by atoms with E-state index in [1.807, 2.05) is 12.1 Å². The number of piperazine rings is 1. The number of amides is 1. The number of ether oxygens (including phenoxy) is 1. The average Bonchev–Trinajstić information content (AvgIpc) is 3.31. The lowest BCUT2D eigenvalue weighted by Gasteiger charge is -2.35. The first-order chi connectivity index (χ1) is 14.6. The van der Waals surface area contributed by atoms with Crippen molar-refractivity contribution in [2.75, 3.05) is 49.5 Å². The summed E-state index contributed by atoms with van der Waals surface area (Å²) < 4.78 is 5.59. The van der Waals surface area contributed by atoms with Gasteiger partial charge in [-0.3, -0.25) is 14.9 Å². The summed E-state index contributed by atoms with van der Waals surface area (Å²) in [6.07, 6.45) is 2.42. The fraction of sp³-hybridized carbons (Fsp3) is 0.450. The maximum absolute atomic E-state index is 12.6. The van der Waals surface area contributed by atoms with E-state index in [4.69, 9.17) is 4.74 Å². The molecule has 2 fully saturated rings. The molecule has 0 spiro atoms.